The molecule has 0 bridgehead atoms. The van der Waals surface area contributed by atoms with Gasteiger partial charge in [0.05, 0.1) is 12.7 Å². The Morgan fingerprint density at radius 2 is 1.88 bits per heavy atom. The molecule has 2 fully saturated rings. The minimum atomic E-state index is -0.209. The Hall–Kier alpha value is -0.0800. The summed E-state index contributed by atoms with van der Waals surface area (Å²) in [4.78, 5) is 0. The van der Waals surface area contributed by atoms with E-state index in [1.54, 1.807) is 0 Å². The molecule has 0 radical (unpaired) electrons. The summed E-state index contributed by atoms with van der Waals surface area (Å²) in [6, 6.07) is 0. The molecule has 0 aromatic carbocycles. The molecule has 0 aromatic heterocycles. The molecular formula is C14H26O2. The fourth-order valence-electron chi connectivity index (χ4n) is 3.09. The lowest BCUT2D eigenvalue weighted by molar-refractivity contribution is -0.195. The summed E-state index contributed by atoms with van der Waals surface area (Å²) in [7, 11) is 0. The lowest BCUT2D eigenvalue weighted by Gasteiger charge is -2.42. The third-order valence-electron chi connectivity index (χ3n) is 4.76. The van der Waals surface area contributed by atoms with E-state index in [-0.39, 0.29) is 11.9 Å². The topological polar surface area (TPSA) is 18.5 Å². The van der Waals surface area contributed by atoms with Crippen LogP contribution in [0.1, 0.15) is 59.8 Å². The molecule has 2 aliphatic rings. The van der Waals surface area contributed by atoms with E-state index >= 15 is 0 Å². The van der Waals surface area contributed by atoms with Crippen molar-refractivity contribution in [2.45, 2.75) is 71.7 Å². The maximum atomic E-state index is 5.96. The van der Waals surface area contributed by atoms with Crippen molar-refractivity contribution < 1.29 is 9.47 Å². The van der Waals surface area contributed by atoms with Crippen molar-refractivity contribution in [1.82, 2.24) is 0 Å². The van der Waals surface area contributed by atoms with Gasteiger partial charge in [0.2, 0.25) is 0 Å². The van der Waals surface area contributed by atoms with Crippen LogP contribution in [0.3, 0.4) is 0 Å². The molecule has 0 amide bonds. The van der Waals surface area contributed by atoms with E-state index in [0.29, 0.717) is 5.41 Å². The zero-order valence-corrected chi connectivity index (χ0v) is 11.2. The summed E-state index contributed by atoms with van der Waals surface area (Å²) in [5, 5.41) is 0. The van der Waals surface area contributed by atoms with Gasteiger partial charge in [0.1, 0.15) is 0 Å². The van der Waals surface area contributed by atoms with Gasteiger partial charge < -0.3 is 9.47 Å². The van der Waals surface area contributed by atoms with Crippen LogP contribution in [0.5, 0.6) is 0 Å². The molecule has 2 rings (SSSR count). The Kier molecular flexibility index (Phi) is 3.33. The predicted molar refractivity (Wildman–Crippen MR) is 65.3 cm³/mol. The van der Waals surface area contributed by atoms with Crippen molar-refractivity contribution in [3.63, 3.8) is 0 Å². The van der Waals surface area contributed by atoms with E-state index in [0.717, 1.165) is 25.4 Å². The van der Waals surface area contributed by atoms with Gasteiger partial charge in [0, 0.05) is 12.8 Å². The highest BCUT2D eigenvalue weighted by Gasteiger charge is 2.45. The molecular weight excluding hydrogens is 200 g/mol. The molecule has 1 saturated heterocycles. The smallest absolute Gasteiger partial charge is 0.168 e. The summed E-state index contributed by atoms with van der Waals surface area (Å²) >= 11 is 0. The van der Waals surface area contributed by atoms with Gasteiger partial charge in [-0.15, -0.1) is 0 Å². The van der Waals surface area contributed by atoms with Crippen molar-refractivity contribution in [2.75, 3.05) is 6.61 Å². The number of hydrogen-bond acceptors (Lipinski definition) is 2. The Labute approximate surface area is 99.7 Å². The van der Waals surface area contributed by atoms with Crippen LogP contribution in [0.15, 0.2) is 0 Å². The molecule has 2 heteroatoms. The standard InChI is InChI=1S/C14H26O2/c1-5-13(3,4)12-6-8-14(9-7-12)15-10-11(2)16-14/h11-12H,5-10H2,1-4H3. The van der Waals surface area contributed by atoms with E-state index in [1.807, 2.05) is 0 Å². The zero-order valence-electron chi connectivity index (χ0n) is 11.2. The number of hydrogen-bond donors (Lipinski definition) is 0. The van der Waals surface area contributed by atoms with E-state index in [2.05, 4.69) is 27.7 Å². The first kappa shape index (κ1) is 12.4. The van der Waals surface area contributed by atoms with Crippen LogP contribution < -0.4 is 0 Å². The fraction of sp³-hybridized carbons (Fsp3) is 1.00. The summed E-state index contributed by atoms with van der Waals surface area (Å²) in [6.45, 7) is 9.98. The fourth-order valence-corrected chi connectivity index (χ4v) is 3.09. The Morgan fingerprint density at radius 1 is 1.25 bits per heavy atom. The first-order valence-electron chi connectivity index (χ1n) is 6.79. The molecule has 1 unspecified atom stereocenters. The Balaban J connectivity index is 1.92. The molecule has 1 saturated carbocycles. The van der Waals surface area contributed by atoms with Gasteiger partial charge >= 0.3 is 0 Å². The van der Waals surface area contributed by atoms with Crippen LogP contribution in [0.25, 0.3) is 0 Å². The summed E-state index contributed by atoms with van der Waals surface area (Å²) in [5.74, 6) is 0.631. The Bertz CT molecular complexity index is 239. The third-order valence-corrected chi connectivity index (χ3v) is 4.76. The molecule has 1 aliphatic heterocycles. The van der Waals surface area contributed by atoms with Crippen LogP contribution in [-0.4, -0.2) is 18.5 Å². The highest BCUT2D eigenvalue weighted by Crippen LogP contribution is 2.46. The number of ether oxygens (including phenoxy) is 2. The zero-order chi connectivity index (χ0) is 11.8. The van der Waals surface area contributed by atoms with Gasteiger partial charge in [-0.25, -0.2) is 0 Å². The van der Waals surface area contributed by atoms with E-state index in [1.165, 1.54) is 19.3 Å². The average molecular weight is 226 g/mol. The van der Waals surface area contributed by atoms with Crippen LogP contribution in [-0.2, 0) is 9.47 Å². The van der Waals surface area contributed by atoms with Gasteiger partial charge in [0.25, 0.3) is 0 Å². The van der Waals surface area contributed by atoms with Gasteiger partial charge in [-0.3, -0.25) is 0 Å². The first-order chi connectivity index (χ1) is 7.47. The van der Waals surface area contributed by atoms with Gasteiger partial charge in [-0.1, -0.05) is 27.2 Å². The van der Waals surface area contributed by atoms with Crippen molar-refractivity contribution in [3.05, 3.63) is 0 Å². The minimum absolute atomic E-state index is 0.209. The molecule has 16 heavy (non-hydrogen) atoms. The van der Waals surface area contributed by atoms with Gasteiger partial charge in [-0.05, 0) is 31.1 Å². The highest BCUT2D eigenvalue weighted by molar-refractivity contribution is 4.89. The van der Waals surface area contributed by atoms with E-state index in [4.69, 9.17) is 9.47 Å². The van der Waals surface area contributed by atoms with Crippen molar-refractivity contribution in [3.8, 4) is 0 Å². The average Bonchev–Trinajstić information content (AvgIpc) is 2.61. The maximum absolute atomic E-state index is 5.96. The van der Waals surface area contributed by atoms with Crippen LogP contribution in [0.2, 0.25) is 0 Å². The largest absolute Gasteiger partial charge is 0.347 e. The first-order valence-corrected chi connectivity index (χ1v) is 6.79. The molecule has 1 heterocycles. The second-order valence-electron chi connectivity index (χ2n) is 6.27. The monoisotopic (exact) mass is 226 g/mol. The summed E-state index contributed by atoms with van der Waals surface area (Å²) < 4.78 is 11.8. The number of rotatable bonds is 2. The molecule has 1 atom stereocenters. The van der Waals surface area contributed by atoms with Crippen LogP contribution in [0, 0.1) is 11.3 Å². The van der Waals surface area contributed by atoms with E-state index < -0.39 is 0 Å². The summed E-state index contributed by atoms with van der Waals surface area (Å²) in [6.07, 6.45) is 6.25. The van der Waals surface area contributed by atoms with Crippen molar-refractivity contribution in [2.24, 2.45) is 11.3 Å². The van der Waals surface area contributed by atoms with Gasteiger partial charge in [-0.2, -0.15) is 0 Å². The lowest BCUT2D eigenvalue weighted by Crippen LogP contribution is -2.39. The minimum Gasteiger partial charge on any atom is -0.347 e. The maximum Gasteiger partial charge on any atom is 0.168 e. The molecule has 1 spiro atoms. The molecule has 0 N–H and O–H groups in total. The second kappa shape index (κ2) is 4.30. The van der Waals surface area contributed by atoms with E-state index in [9.17, 15) is 0 Å². The molecule has 0 aromatic rings. The summed E-state index contributed by atoms with van der Waals surface area (Å²) in [5.41, 5.74) is 0.478. The SMILES string of the molecule is CCC(C)(C)C1CCC2(CC1)OCC(C)O2. The quantitative estimate of drug-likeness (QED) is 0.714. The van der Waals surface area contributed by atoms with Gasteiger partial charge in [0.15, 0.2) is 5.79 Å². The Morgan fingerprint density at radius 3 is 2.31 bits per heavy atom. The van der Waals surface area contributed by atoms with Crippen LogP contribution >= 0.6 is 0 Å². The predicted octanol–water partition coefficient (Wildman–Crippen LogP) is 3.74. The van der Waals surface area contributed by atoms with Crippen molar-refractivity contribution >= 4 is 0 Å². The molecule has 2 nitrogen and oxygen atoms in total. The van der Waals surface area contributed by atoms with Crippen molar-refractivity contribution in [1.29, 1.82) is 0 Å². The third kappa shape index (κ3) is 2.28. The molecule has 1 aliphatic carbocycles. The normalized spacial score (nSPS) is 40.5. The lowest BCUT2D eigenvalue weighted by atomic mass is 9.68. The highest BCUT2D eigenvalue weighted by atomic mass is 16.7. The molecule has 94 valence electrons. The second-order valence-corrected chi connectivity index (χ2v) is 6.27. The van der Waals surface area contributed by atoms with Crippen LogP contribution in [0.4, 0.5) is 0 Å².